The molecule has 0 aromatic rings. The highest BCUT2D eigenvalue weighted by Crippen LogP contribution is 2.65. The van der Waals surface area contributed by atoms with E-state index >= 15 is 0 Å². The van der Waals surface area contributed by atoms with E-state index in [2.05, 4.69) is 19.2 Å². The van der Waals surface area contributed by atoms with Crippen LogP contribution in [0, 0.1) is 11.3 Å². The maximum absolute atomic E-state index is 3.61. The van der Waals surface area contributed by atoms with Gasteiger partial charge in [-0.1, -0.05) is 13.8 Å². The van der Waals surface area contributed by atoms with Gasteiger partial charge in [-0.3, -0.25) is 0 Å². The highest BCUT2D eigenvalue weighted by atomic mass is 15.0. The third-order valence-electron chi connectivity index (χ3n) is 2.85. The summed E-state index contributed by atoms with van der Waals surface area (Å²) >= 11 is 0. The van der Waals surface area contributed by atoms with Crippen LogP contribution in [0.4, 0.5) is 0 Å². The van der Waals surface area contributed by atoms with Gasteiger partial charge in [0.2, 0.25) is 0 Å². The van der Waals surface area contributed by atoms with Crippen LogP contribution in [0.5, 0.6) is 0 Å². The van der Waals surface area contributed by atoms with Crippen molar-refractivity contribution in [2.75, 3.05) is 6.54 Å². The minimum atomic E-state index is 0.816. The van der Waals surface area contributed by atoms with E-state index in [1.165, 1.54) is 25.8 Å². The van der Waals surface area contributed by atoms with Gasteiger partial charge in [-0.15, -0.1) is 0 Å². The van der Waals surface area contributed by atoms with E-state index in [0.717, 1.165) is 17.4 Å². The highest BCUT2D eigenvalue weighted by molar-refractivity contribution is 5.17. The first-order chi connectivity index (χ1) is 4.73. The van der Waals surface area contributed by atoms with Crippen molar-refractivity contribution < 1.29 is 0 Å². The van der Waals surface area contributed by atoms with Crippen molar-refractivity contribution in [1.29, 1.82) is 0 Å². The average Bonchev–Trinajstić information content (AvgIpc) is 2.72. The number of rotatable bonds is 3. The van der Waals surface area contributed by atoms with Gasteiger partial charge in [0.15, 0.2) is 0 Å². The Hall–Kier alpha value is -0.0400. The Kier molecular flexibility index (Phi) is 1.31. The summed E-state index contributed by atoms with van der Waals surface area (Å²) in [5, 5.41) is 3.61. The van der Waals surface area contributed by atoms with Gasteiger partial charge >= 0.3 is 0 Å². The zero-order chi connectivity index (χ0) is 7.19. The summed E-state index contributed by atoms with van der Waals surface area (Å²) in [6.07, 6.45) is 4.48. The minimum Gasteiger partial charge on any atom is -0.313 e. The van der Waals surface area contributed by atoms with Crippen LogP contribution in [0.3, 0.4) is 0 Å². The summed E-state index contributed by atoms with van der Waals surface area (Å²) in [5.74, 6) is 0.816. The third-order valence-corrected chi connectivity index (χ3v) is 2.85. The standard InChI is InChI=1S/C9H17N/c1-7(2)6-10-8-5-9(8)3-4-9/h7-8,10H,3-6H2,1-2H3. The molecule has 1 nitrogen and oxygen atoms in total. The van der Waals surface area contributed by atoms with Gasteiger partial charge < -0.3 is 5.32 Å². The summed E-state index contributed by atoms with van der Waals surface area (Å²) in [5.41, 5.74) is 0.842. The summed E-state index contributed by atoms with van der Waals surface area (Å²) in [4.78, 5) is 0. The fraction of sp³-hybridized carbons (Fsp3) is 1.00. The first-order valence-corrected chi connectivity index (χ1v) is 4.46. The first kappa shape index (κ1) is 6.66. The van der Waals surface area contributed by atoms with Crippen LogP contribution < -0.4 is 5.32 Å². The van der Waals surface area contributed by atoms with E-state index < -0.39 is 0 Å². The molecule has 0 bridgehead atoms. The summed E-state index contributed by atoms with van der Waals surface area (Å²) in [6, 6.07) is 0.912. The van der Waals surface area contributed by atoms with Crippen molar-refractivity contribution in [3.05, 3.63) is 0 Å². The molecule has 0 aromatic carbocycles. The second kappa shape index (κ2) is 1.97. The van der Waals surface area contributed by atoms with Crippen molar-refractivity contribution >= 4 is 0 Å². The second-order valence-corrected chi connectivity index (χ2v) is 4.42. The lowest BCUT2D eigenvalue weighted by Crippen LogP contribution is -2.23. The zero-order valence-electron chi connectivity index (χ0n) is 6.98. The zero-order valence-corrected chi connectivity index (χ0v) is 6.98. The molecule has 2 fully saturated rings. The maximum atomic E-state index is 3.61. The van der Waals surface area contributed by atoms with Crippen LogP contribution in [0.15, 0.2) is 0 Å². The molecular weight excluding hydrogens is 122 g/mol. The Labute approximate surface area is 63.2 Å². The molecule has 0 saturated heterocycles. The van der Waals surface area contributed by atoms with Gasteiger partial charge in [0.25, 0.3) is 0 Å². The lowest BCUT2D eigenvalue weighted by atomic mass is 10.2. The smallest absolute Gasteiger partial charge is 0.0130 e. The number of hydrogen-bond donors (Lipinski definition) is 1. The van der Waals surface area contributed by atoms with E-state index in [0.29, 0.717) is 0 Å². The molecule has 1 N–H and O–H groups in total. The predicted molar refractivity (Wildman–Crippen MR) is 42.9 cm³/mol. The molecule has 1 unspecified atom stereocenters. The molecule has 0 amide bonds. The average molecular weight is 139 g/mol. The molecule has 1 heteroatoms. The molecule has 1 atom stereocenters. The number of nitrogens with one attached hydrogen (secondary N) is 1. The molecule has 1 spiro atoms. The topological polar surface area (TPSA) is 12.0 Å². The molecular formula is C9H17N. The van der Waals surface area contributed by atoms with Crippen LogP contribution in [-0.4, -0.2) is 12.6 Å². The van der Waals surface area contributed by atoms with Crippen LogP contribution in [0.1, 0.15) is 33.1 Å². The van der Waals surface area contributed by atoms with Gasteiger partial charge in [0, 0.05) is 6.04 Å². The van der Waals surface area contributed by atoms with Crippen molar-refractivity contribution in [2.45, 2.75) is 39.2 Å². The second-order valence-electron chi connectivity index (χ2n) is 4.42. The largest absolute Gasteiger partial charge is 0.313 e. The Morgan fingerprint density at radius 1 is 1.50 bits per heavy atom. The fourth-order valence-electron chi connectivity index (χ4n) is 1.73. The number of hydrogen-bond acceptors (Lipinski definition) is 1. The molecule has 0 aromatic heterocycles. The Morgan fingerprint density at radius 3 is 2.60 bits per heavy atom. The van der Waals surface area contributed by atoms with E-state index in [1.807, 2.05) is 0 Å². The Bertz CT molecular complexity index is 136. The molecule has 0 radical (unpaired) electrons. The van der Waals surface area contributed by atoms with Crippen molar-refractivity contribution in [3.63, 3.8) is 0 Å². The molecule has 2 saturated carbocycles. The monoisotopic (exact) mass is 139 g/mol. The fourth-order valence-corrected chi connectivity index (χ4v) is 1.73. The van der Waals surface area contributed by atoms with Crippen molar-refractivity contribution in [1.82, 2.24) is 5.32 Å². The van der Waals surface area contributed by atoms with Crippen LogP contribution in [0.2, 0.25) is 0 Å². The normalized spacial score (nSPS) is 33.3. The molecule has 2 rings (SSSR count). The Balaban J connectivity index is 1.65. The molecule has 10 heavy (non-hydrogen) atoms. The molecule has 58 valence electrons. The predicted octanol–water partition coefficient (Wildman–Crippen LogP) is 1.78. The van der Waals surface area contributed by atoms with Crippen LogP contribution >= 0.6 is 0 Å². The molecule has 2 aliphatic rings. The quantitative estimate of drug-likeness (QED) is 0.628. The molecule has 0 aliphatic heterocycles. The van der Waals surface area contributed by atoms with E-state index in [9.17, 15) is 0 Å². The minimum absolute atomic E-state index is 0.816. The van der Waals surface area contributed by atoms with Crippen LogP contribution in [0.25, 0.3) is 0 Å². The maximum Gasteiger partial charge on any atom is 0.0130 e. The highest BCUT2D eigenvalue weighted by Gasteiger charge is 2.62. The van der Waals surface area contributed by atoms with Gasteiger partial charge in [0.1, 0.15) is 0 Å². The first-order valence-electron chi connectivity index (χ1n) is 4.46. The summed E-state index contributed by atoms with van der Waals surface area (Å²) < 4.78 is 0. The van der Waals surface area contributed by atoms with E-state index in [4.69, 9.17) is 0 Å². The van der Waals surface area contributed by atoms with Crippen molar-refractivity contribution in [2.24, 2.45) is 11.3 Å². The van der Waals surface area contributed by atoms with E-state index in [-0.39, 0.29) is 0 Å². The van der Waals surface area contributed by atoms with Crippen molar-refractivity contribution in [3.8, 4) is 0 Å². The summed E-state index contributed by atoms with van der Waals surface area (Å²) in [7, 11) is 0. The van der Waals surface area contributed by atoms with Gasteiger partial charge in [-0.25, -0.2) is 0 Å². The molecule has 2 aliphatic carbocycles. The summed E-state index contributed by atoms with van der Waals surface area (Å²) in [6.45, 7) is 5.76. The lowest BCUT2D eigenvalue weighted by Gasteiger charge is -2.05. The van der Waals surface area contributed by atoms with Gasteiger partial charge in [-0.2, -0.15) is 0 Å². The Morgan fingerprint density at radius 2 is 2.20 bits per heavy atom. The van der Waals surface area contributed by atoms with Gasteiger partial charge in [-0.05, 0) is 37.1 Å². The van der Waals surface area contributed by atoms with E-state index in [1.54, 1.807) is 0 Å². The van der Waals surface area contributed by atoms with Gasteiger partial charge in [0.05, 0.1) is 0 Å². The lowest BCUT2D eigenvalue weighted by molar-refractivity contribution is 0.530. The SMILES string of the molecule is CC(C)CNC1CC12CC2. The van der Waals surface area contributed by atoms with Crippen LogP contribution in [-0.2, 0) is 0 Å². The molecule has 0 heterocycles. The third kappa shape index (κ3) is 1.07.